The zero-order valence-electron chi connectivity index (χ0n) is 16.5. The van der Waals surface area contributed by atoms with Crippen molar-refractivity contribution in [2.24, 2.45) is 4.99 Å². The van der Waals surface area contributed by atoms with E-state index in [0.29, 0.717) is 29.7 Å². The molecule has 0 unspecified atom stereocenters. The number of nitrogens with one attached hydrogen (secondary N) is 2. The fourth-order valence-electron chi connectivity index (χ4n) is 2.54. The van der Waals surface area contributed by atoms with E-state index in [0.717, 1.165) is 17.7 Å². The van der Waals surface area contributed by atoms with E-state index in [2.05, 4.69) is 32.5 Å². The second-order valence-corrected chi connectivity index (χ2v) is 6.17. The fourth-order valence-corrected chi connectivity index (χ4v) is 2.54. The largest absolute Gasteiger partial charge is 0.444 e. The molecule has 1 aromatic heterocycles. The van der Waals surface area contributed by atoms with Crippen LogP contribution in [0.1, 0.15) is 16.8 Å². The van der Waals surface area contributed by atoms with Gasteiger partial charge in [-0.25, -0.2) is 4.98 Å². The van der Waals surface area contributed by atoms with Gasteiger partial charge in [-0.15, -0.1) is 24.0 Å². The molecule has 31 heavy (non-hydrogen) atoms. The first kappa shape index (κ1) is 24.3. The molecule has 0 aliphatic heterocycles. The number of hydrogen-bond donors (Lipinski definition) is 2. The number of halogens is 4. The third-order valence-electron chi connectivity index (χ3n) is 4.00. The molecule has 1 heterocycles. The average Bonchev–Trinajstić information content (AvgIpc) is 3.22. The molecule has 162 valence electrons. The molecule has 0 radical (unpaired) electrons. The van der Waals surface area contributed by atoms with Gasteiger partial charge < -0.3 is 15.1 Å². The van der Waals surface area contributed by atoms with Crippen molar-refractivity contribution in [3.05, 3.63) is 77.7 Å². The molecule has 5 nitrogen and oxygen atoms in total. The van der Waals surface area contributed by atoms with Crippen molar-refractivity contribution in [1.82, 2.24) is 15.6 Å². The summed E-state index contributed by atoms with van der Waals surface area (Å²) in [6.07, 6.45) is -2.82. The van der Waals surface area contributed by atoms with Crippen molar-refractivity contribution >= 4 is 29.9 Å². The maximum absolute atomic E-state index is 12.7. The van der Waals surface area contributed by atoms with E-state index in [-0.39, 0.29) is 30.5 Å². The van der Waals surface area contributed by atoms with Crippen molar-refractivity contribution in [1.29, 1.82) is 0 Å². The Morgan fingerprint density at radius 3 is 2.58 bits per heavy atom. The molecule has 0 bridgehead atoms. The van der Waals surface area contributed by atoms with Crippen LogP contribution in [-0.4, -0.2) is 24.5 Å². The predicted molar refractivity (Wildman–Crippen MR) is 124 cm³/mol. The van der Waals surface area contributed by atoms with Gasteiger partial charge in [-0.05, 0) is 30.3 Å². The Balaban J connectivity index is 0.00000341. The molecule has 3 aromatic rings. The van der Waals surface area contributed by atoms with Crippen molar-refractivity contribution < 1.29 is 17.6 Å². The molecule has 9 heteroatoms. The molecule has 3 rings (SSSR count). The van der Waals surface area contributed by atoms with E-state index in [9.17, 15) is 13.2 Å². The summed E-state index contributed by atoms with van der Waals surface area (Å²) in [5, 5.41) is 6.06. The first-order valence-corrected chi connectivity index (χ1v) is 9.06. The highest BCUT2D eigenvalue weighted by molar-refractivity contribution is 14.0. The van der Waals surface area contributed by atoms with Gasteiger partial charge >= 0.3 is 6.18 Å². The van der Waals surface area contributed by atoms with E-state index in [1.54, 1.807) is 13.3 Å². The maximum Gasteiger partial charge on any atom is 0.416 e. The van der Waals surface area contributed by atoms with Crippen LogP contribution in [0.15, 0.2) is 70.3 Å². The van der Waals surface area contributed by atoms with Gasteiger partial charge in [-0.3, -0.25) is 4.99 Å². The van der Waals surface area contributed by atoms with Crippen LogP contribution in [0, 0.1) is 11.8 Å². The number of hydrogen-bond acceptors (Lipinski definition) is 3. The predicted octanol–water partition coefficient (Wildman–Crippen LogP) is 4.70. The molecule has 0 fully saturated rings. The van der Waals surface area contributed by atoms with E-state index in [4.69, 9.17) is 4.42 Å². The summed E-state index contributed by atoms with van der Waals surface area (Å²) >= 11 is 0. The van der Waals surface area contributed by atoms with Gasteiger partial charge in [0.05, 0.1) is 24.3 Å². The van der Waals surface area contributed by atoms with E-state index in [1.807, 2.05) is 30.3 Å². The molecule has 0 amide bonds. The summed E-state index contributed by atoms with van der Waals surface area (Å²) in [7, 11) is 1.60. The summed E-state index contributed by atoms with van der Waals surface area (Å²) in [4.78, 5) is 8.50. The minimum absolute atomic E-state index is 0. The Hall–Kier alpha value is -3.00. The lowest BCUT2D eigenvalue weighted by molar-refractivity contribution is -0.137. The lowest BCUT2D eigenvalue weighted by Gasteiger charge is -2.08. The second-order valence-electron chi connectivity index (χ2n) is 6.17. The highest BCUT2D eigenvalue weighted by Gasteiger charge is 2.30. The van der Waals surface area contributed by atoms with Crippen LogP contribution in [0.25, 0.3) is 11.5 Å². The van der Waals surface area contributed by atoms with E-state index in [1.165, 1.54) is 12.1 Å². The second kappa shape index (κ2) is 11.4. The summed E-state index contributed by atoms with van der Waals surface area (Å²) < 4.78 is 43.7. The third kappa shape index (κ3) is 7.32. The lowest BCUT2D eigenvalue weighted by atomic mass is 10.1. The maximum atomic E-state index is 12.7. The Morgan fingerprint density at radius 2 is 1.87 bits per heavy atom. The van der Waals surface area contributed by atoms with Crippen LogP contribution in [-0.2, 0) is 12.7 Å². The molecular weight excluding hydrogens is 520 g/mol. The number of rotatable bonds is 4. The third-order valence-corrected chi connectivity index (χ3v) is 4.00. The summed E-state index contributed by atoms with van der Waals surface area (Å²) in [5.74, 6) is 6.51. The first-order chi connectivity index (χ1) is 14.5. The van der Waals surface area contributed by atoms with Crippen LogP contribution in [0.4, 0.5) is 13.2 Å². The molecule has 0 aliphatic carbocycles. The van der Waals surface area contributed by atoms with Gasteiger partial charge in [0.15, 0.2) is 5.96 Å². The van der Waals surface area contributed by atoms with Gasteiger partial charge in [0.1, 0.15) is 6.26 Å². The molecule has 2 aromatic carbocycles. The Labute approximate surface area is 195 Å². The molecule has 0 saturated carbocycles. The molecule has 2 N–H and O–H groups in total. The Bertz CT molecular complexity index is 1070. The van der Waals surface area contributed by atoms with Gasteiger partial charge in [0.25, 0.3) is 0 Å². The number of nitrogens with zero attached hydrogens (tertiary/aromatic N) is 2. The number of oxazole rings is 1. The van der Waals surface area contributed by atoms with Crippen LogP contribution in [0.2, 0.25) is 0 Å². The van der Waals surface area contributed by atoms with Crippen LogP contribution in [0.5, 0.6) is 0 Å². The number of aromatic nitrogens is 1. The topological polar surface area (TPSA) is 62.5 Å². The Morgan fingerprint density at radius 1 is 1.10 bits per heavy atom. The molecule has 0 atom stereocenters. The van der Waals surface area contributed by atoms with Gasteiger partial charge in [0.2, 0.25) is 5.89 Å². The summed E-state index contributed by atoms with van der Waals surface area (Å²) in [6.45, 7) is 0.598. The molecule has 0 saturated heterocycles. The van der Waals surface area contributed by atoms with Gasteiger partial charge in [0, 0.05) is 18.2 Å². The molecule has 0 spiro atoms. The number of guanidine groups is 1. The number of aliphatic imine (C=N–C) groups is 1. The molecular formula is C22H20F3IN4O. The van der Waals surface area contributed by atoms with E-state index < -0.39 is 11.7 Å². The minimum atomic E-state index is -4.39. The SMILES string of the molecule is CN=C(NCC#Cc1cccc(C(F)(F)F)c1)NCc1coc(-c2ccccc2)n1.I. The van der Waals surface area contributed by atoms with E-state index >= 15 is 0 Å². The van der Waals surface area contributed by atoms with Crippen molar-refractivity contribution in [3.63, 3.8) is 0 Å². The zero-order valence-corrected chi connectivity index (χ0v) is 18.9. The highest BCUT2D eigenvalue weighted by atomic mass is 127. The standard InChI is InChI=1S/C22H19F3N4O.HI/c1-26-21(27-12-6-8-16-7-5-11-18(13-16)22(23,24)25)28-14-19-15-30-20(29-19)17-9-3-2-4-10-17;/h2-5,7,9-11,13,15H,12,14H2,1H3,(H2,26,27,28);1H. The highest BCUT2D eigenvalue weighted by Crippen LogP contribution is 2.29. The quantitative estimate of drug-likeness (QED) is 0.218. The normalized spacial score (nSPS) is 11.2. The summed E-state index contributed by atoms with van der Waals surface area (Å²) in [5.41, 5.74) is 1.16. The lowest BCUT2D eigenvalue weighted by Crippen LogP contribution is -2.37. The summed E-state index contributed by atoms with van der Waals surface area (Å²) in [6, 6.07) is 14.5. The van der Waals surface area contributed by atoms with Gasteiger partial charge in [-0.1, -0.05) is 36.1 Å². The smallest absolute Gasteiger partial charge is 0.416 e. The molecule has 0 aliphatic rings. The monoisotopic (exact) mass is 540 g/mol. The zero-order chi connectivity index (χ0) is 21.4. The fraction of sp³-hybridized carbons (Fsp3) is 0.182. The number of benzene rings is 2. The van der Waals surface area contributed by atoms with Crippen molar-refractivity contribution in [2.75, 3.05) is 13.6 Å². The van der Waals surface area contributed by atoms with Crippen LogP contribution < -0.4 is 10.6 Å². The average molecular weight is 540 g/mol. The van der Waals surface area contributed by atoms with Crippen LogP contribution >= 0.6 is 24.0 Å². The minimum Gasteiger partial charge on any atom is -0.444 e. The number of alkyl halides is 3. The van der Waals surface area contributed by atoms with Crippen molar-refractivity contribution in [3.8, 4) is 23.3 Å². The van der Waals surface area contributed by atoms with Crippen LogP contribution in [0.3, 0.4) is 0 Å². The Kier molecular flexibility index (Phi) is 8.93. The van der Waals surface area contributed by atoms with Gasteiger partial charge in [-0.2, -0.15) is 13.2 Å². The van der Waals surface area contributed by atoms with Crippen molar-refractivity contribution in [2.45, 2.75) is 12.7 Å². The first-order valence-electron chi connectivity index (χ1n) is 9.06.